The van der Waals surface area contributed by atoms with Crippen molar-refractivity contribution in [1.82, 2.24) is 15.1 Å². The molecular formula is C14H11FN4O. The Bertz CT molecular complexity index is 741. The number of anilines is 1. The van der Waals surface area contributed by atoms with Gasteiger partial charge in [0.2, 0.25) is 0 Å². The first-order valence-corrected chi connectivity index (χ1v) is 5.99. The van der Waals surface area contributed by atoms with E-state index in [0.29, 0.717) is 29.5 Å². The number of halogens is 1. The summed E-state index contributed by atoms with van der Waals surface area (Å²) in [6.07, 6.45) is 1.98. The zero-order valence-electron chi connectivity index (χ0n) is 10.5. The van der Waals surface area contributed by atoms with Crippen LogP contribution in [0.15, 0.2) is 47.1 Å². The van der Waals surface area contributed by atoms with Gasteiger partial charge in [0, 0.05) is 18.2 Å². The fraction of sp³-hybridized carbons (Fsp3) is 0.0714. The lowest BCUT2D eigenvalue weighted by Gasteiger charge is -1.96. The molecule has 0 saturated carbocycles. The average molecular weight is 270 g/mol. The SMILES string of the molecule is Nc1cc(-c2nc(Cc3cccc(F)c3)no2)ccn1. The summed E-state index contributed by atoms with van der Waals surface area (Å²) in [6.45, 7) is 0. The van der Waals surface area contributed by atoms with E-state index in [9.17, 15) is 4.39 Å². The minimum atomic E-state index is -0.284. The van der Waals surface area contributed by atoms with E-state index >= 15 is 0 Å². The van der Waals surface area contributed by atoms with Gasteiger partial charge in [-0.2, -0.15) is 4.98 Å². The Morgan fingerprint density at radius 2 is 2.10 bits per heavy atom. The van der Waals surface area contributed by atoms with Crippen LogP contribution in [-0.4, -0.2) is 15.1 Å². The van der Waals surface area contributed by atoms with E-state index < -0.39 is 0 Å². The Labute approximate surface area is 114 Å². The molecule has 3 rings (SSSR count). The third-order valence-electron chi connectivity index (χ3n) is 2.75. The van der Waals surface area contributed by atoms with Gasteiger partial charge in [-0.25, -0.2) is 9.37 Å². The number of aromatic nitrogens is 3. The van der Waals surface area contributed by atoms with Gasteiger partial charge in [-0.3, -0.25) is 0 Å². The molecule has 6 heteroatoms. The van der Waals surface area contributed by atoms with Crippen LogP contribution < -0.4 is 5.73 Å². The molecule has 0 aliphatic rings. The van der Waals surface area contributed by atoms with Gasteiger partial charge >= 0.3 is 0 Å². The third kappa shape index (κ3) is 2.64. The second kappa shape index (κ2) is 5.08. The maximum Gasteiger partial charge on any atom is 0.258 e. The molecule has 0 aliphatic carbocycles. The molecule has 0 amide bonds. The highest BCUT2D eigenvalue weighted by Crippen LogP contribution is 2.19. The highest BCUT2D eigenvalue weighted by molar-refractivity contribution is 5.56. The van der Waals surface area contributed by atoms with Crippen LogP contribution in [0.1, 0.15) is 11.4 Å². The summed E-state index contributed by atoms with van der Waals surface area (Å²) in [7, 11) is 0. The van der Waals surface area contributed by atoms with Gasteiger partial charge in [-0.05, 0) is 29.8 Å². The van der Waals surface area contributed by atoms with Crippen molar-refractivity contribution in [3.8, 4) is 11.5 Å². The monoisotopic (exact) mass is 270 g/mol. The molecule has 20 heavy (non-hydrogen) atoms. The molecule has 0 fully saturated rings. The fourth-order valence-corrected chi connectivity index (χ4v) is 1.85. The smallest absolute Gasteiger partial charge is 0.258 e. The Balaban J connectivity index is 1.84. The highest BCUT2D eigenvalue weighted by Gasteiger charge is 2.10. The van der Waals surface area contributed by atoms with E-state index in [1.807, 2.05) is 6.07 Å². The maximum absolute atomic E-state index is 13.1. The van der Waals surface area contributed by atoms with Crippen LogP contribution in [0.5, 0.6) is 0 Å². The predicted molar refractivity (Wildman–Crippen MR) is 71.1 cm³/mol. The van der Waals surface area contributed by atoms with Crippen molar-refractivity contribution < 1.29 is 8.91 Å². The topological polar surface area (TPSA) is 77.8 Å². The van der Waals surface area contributed by atoms with Crippen molar-refractivity contribution in [3.63, 3.8) is 0 Å². The Hall–Kier alpha value is -2.76. The lowest BCUT2D eigenvalue weighted by molar-refractivity contribution is 0.424. The Morgan fingerprint density at radius 1 is 1.20 bits per heavy atom. The number of nitrogens with zero attached hydrogens (tertiary/aromatic N) is 3. The number of rotatable bonds is 3. The molecule has 5 nitrogen and oxygen atoms in total. The van der Waals surface area contributed by atoms with Crippen LogP contribution in [-0.2, 0) is 6.42 Å². The van der Waals surface area contributed by atoms with Crippen molar-refractivity contribution in [2.75, 3.05) is 5.73 Å². The van der Waals surface area contributed by atoms with Crippen LogP contribution in [0, 0.1) is 5.82 Å². The van der Waals surface area contributed by atoms with Gasteiger partial charge in [0.25, 0.3) is 5.89 Å². The minimum absolute atomic E-state index is 0.284. The molecule has 0 unspecified atom stereocenters. The zero-order chi connectivity index (χ0) is 13.9. The molecule has 0 saturated heterocycles. The molecule has 0 spiro atoms. The number of hydrogen-bond acceptors (Lipinski definition) is 5. The number of pyridine rings is 1. The van der Waals surface area contributed by atoms with Crippen LogP contribution in [0.4, 0.5) is 10.2 Å². The average Bonchev–Trinajstić information content (AvgIpc) is 2.87. The maximum atomic E-state index is 13.1. The predicted octanol–water partition coefficient (Wildman–Crippen LogP) is 2.44. The van der Waals surface area contributed by atoms with Crippen LogP contribution in [0.2, 0.25) is 0 Å². The summed E-state index contributed by atoms with van der Waals surface area (Å²) in [4.78, 5) is 8.16. The molecule has 0 aliphatic heterocycles. The first-order valence-electron chi connectivity index (χ1n) is 5.99. The number of hydrogen-bond donors (Lipinski definition) is 1. The molecular weight excluding hydrogens is 259 g/mol. The second-order valence-corrected chi connectivity index (χ2v) is 4.29. The van der Waals surface area contributed by atoms with Crippen molar-refractivity contribution in [2.24, 2.45) is 0 Å². The van der Waals surface area contributed by atoms with Crippen molar-refractivity contribution >= 4 is 5.82 Å². The molecule has 2 N–H and O–H groups in total. The molecule has 100 valence electrons. The summed E-state index contributed by atoms with van der Waals surface area (Å²) in [6, 6.07) is 9.68. The van der Waals surface area contributed by atoms with Crippen molar-refractivity contribution in [3.05, 3.63) is 59.8 Å². The molecule has 0 radical (unpaired) electrons. The summed E-state index contributed by atoms with van der Waals surface area (Å²) < 4.78 is 18.3. The molecule has 2 aromatic heterocycles. The minimum Gasteiger partial charge on any atom is -0.384 e. The van der Waals surface area contributed by atoms with Gasteiger partial charge < -0.3 is 10.3 Å². The standard InChI is InChI=1S/C14H11FN4O/c15-11-3-1-2-9(6-11)7-13-18-14(20-19-13)10-4-5-17-12(16)8-10/h1-6,8H,7H2,(H2,16,17). The van der Waals surface area contributed by atoms with E-state index in [4.69, 9.17) is 10.3 Å². The first kappa shape index (κ1) is 12.3. The van der Waals surface area contributed by atoms with Gasteiger partial charge in [0.05, 0.1) is 0 Å². The number of nitrogen functional groups attached to an aromatic ring is 1. The quantitative estimate of drug-likeness (QED) is 0.790. The molecule has 2 heterocycles. The summed E-state index contributed by atoms with van der Waals surface area (Å²) in [5.74, 6) is 0.951. The summed E-state index contributed by atoms with van der Waals surface area (Å²) >= 11 is 0. The fourth-order valence-electron chi connectivity index (χ4n) is 1.85. The van der Waals surface area contributed by atoms with Crippen molar-refractivity contribution in [2.45, 2.75) is 6.42 Å². The van der Waals surface area contributed by atoms with E-state index in [1.54, 1.807) is 24.4 Å². The van der Waals surface area contributed by atoms with Crippen LogP contribution in [0.25, 0.3) is 11.5 Å². The largest absolute Gasteiger partial charge is 0.384 e. The van der Waals surface area contributed by atoms with Gasteiger partial charge in [-0.1, -0.05) is 17.3 Å². The zero-order valence-corrected chi connectivity index (χ0v) is 10.5. The van der Waals surface area contributed by atoms with Gasteiger partial charge in [0.15, 0.2) is 5.82 Å². The van der Waals surface area contributed by atoms with Gasteiger partial charge in [-0.15, -0.1) is 0 Å². The van der Waals surface area contributed by atoms with Crippen molar-refractivity contribution in [1.29, 1.82) is 0 Å². The molecule has 1 aromatic carbocycles. The lowest BCUT2D eigenvalue weighted by Crippen LogP contribution is -1.92. The third-order valence-corrected chi connectivity index (χ3v) is 2.75. The van der Waals surface area contributed by atoms with E-state index in [2.05, 4.69) is 15.1 Å². The highest BCUT2D eigenvalue weighted by atomic mass is 19.1. The van der Waals surface area contributed by atoms with E-state index in [-0.39, 0.29) is 5.82 Å². The van der Waals surface area contributed by atoms with E-state index in [0.717, 1.165) is 5.56 Å². The first-order chi connectivity index (χ1) is 9.70. The number of benzene rings is 1. The lowest BCUT2D eigenvalue weighted by atomic mass is 10.1. The Morgan fingerprint density at radius 3 is 2.90 bits per heavy atom. The molecule has 3 aromatic rings. The van der Waals surface area contributed by atoms with Crippen LogP contribution in [0.3, 0.4) is 0 Å². The Kier molecular flexibility index (Phi) is 3.12. The molecule has 0 atom stereocenters. The second-order valence-electron chi connectivity index (χ2n) is 4.29. The normalized spacial score (nSPS) is 10.7. The summed E-state index contributed by atoms with van der Waals surface area (Å²) in [5, 5.41) is 3.88. The number of nitrogens with two attached hydrogens (primary N) is 1. The van der Waals surface area contributed by atoms with Gasteiger partial charge in [0.1, 0.15) is 11.6 Å². The summed E-state index contributed by atoms with van der Waals surface area (Å²) in [5.41, 5.74) is 7.09. The molecule has 0 bridgehead atoms. The van der Waals surface area contributed by atoms with Crippen LogP contribution >= 0.6 is 0 Å². The van der Waals surface area contributed by atoms with E-state index in [1.165, 1.54) is 12.1 Å².